The van der Waals surface area contributed by atoms with Crippen LogP contribution >= 0.6 is 0 Å². The molecule has 1 unspecified atom stereocenters. The summed E-state index contributed by atoms with van der Waals surface area (Å²) in [5, 5.41) is 0. The first-order chi connectivity index (χ1) is 13.7. The standard InChI is InChI=1S/C26H24O2/c1-27-25-14-10-22(11-15-25)23-16-18-26(28-2,19-17-23)24-12-8-21(9-13-24)20-6-4-3-5-7-20/h3-18H,19H2,1-2H3. The summed E-state index contributed by atoms with van der Waals surface area (Å²) in [5.74, 6) is 0.869. The highest BCUT2D eigenvalue weighted by atomic mass is 16.5. The predicted octanol–water partition coefficient (Wildman–Crippen LogP) is 6.25. The molecule has 140 valence electrons. The van der Waals surface area contributed by atoms with Gasteiger partial charge in [-0.1, -0.05) is 78.9 Å². The molecule has 0 amide bonds. The number of ether oxygens (including phenoxy) is 2. The number of benzene rings is 3. The molecule has 0 aromatic heterocycles. The van der Waals surface area contributed by atoms with Gasteiger partial charge in [0.1, 0.15) is 11.4 Å². The molecule has 0 radical (unpaired) electrons. The first kappa shape index (κ1) is 18.3. The maximum Gasteiger partial charge on any atom is 0.118 e. The van der Waals surface area contributed by atoms with E-state index in [2.05, 4.69) is 78.9 Å². The van der Waals surface area contributed by atoms with Crippen molar-refractivity contribution in [2.24, 2.45) is 0 Å². The number of methoxy groups -OCH3 is 2. The molecule has 3 aromatic rings. The van der Waals surface area contributed by atoms with Gasteiger partial charge < -0.3 is 9.47 Å². The summed E-state index contributed by atoms with van der Waals surface area (Å²) in [6.45, 7) is 0. The topological polar surface area (TPSA) is 18.5 Å². The molecular formula is C26H24O2. The lowest BCUT2D eigenvalue weighted by Gasteiger charge is -2.32. The average Bonchev–Trinajstić information content (AvgIpc) is 2.80. The Morgan fingerprint density at radius 2 is 1.36 bits per heavy atom. The molecule has 0 saturated heterocycles. The van der Waals surface area contributed by atoms with Gasteiger partial charge in [0.05, 0.1) is 7.11 Å². The lowest BCUT2D eigenvalue weighted by Crippen LogP contribution is -2.26. The Bertz CT molecular complexity index is 983. The van der Waals surface area contributed by atoms with E-state index in [9.17, 15) is 0 Å². The smallest absolute Gasteiger partial charge is 0.118 e. The van der Waals surface area contributed by atoms with Crippen molar-refractivity contribution in [2.45, 2.75) is 12.0 Å². The van der Waals surface area contributed by atoms with Crippen LogP contribution in [0.1, 0.15) is 17.5 Å². The summed E-state index contributed by atoms with van der Waals surface area (Å²) in [6, 6.07) is 27.3. The molecule has 0 N–H and O–H groups in total. The Balaban J connectivity index is 1.57. The van der Waals surface area contributed by atoms with Crippen molar-refractivity contribution in [2.75, 3.05) is 14.2 Å². The van der Waals surface area contributed by atoms with E-state index in [0.29, 0.717) is 0 Å². The quantitative estimate of drug-likeness (QED) is 0.530. The zero-order chi connectivity index (χ0) is 19.4. The second kappa shape index (κ2) is 7.87. The van der Waals surface area contributed by atoms with Gasteiger partial charge in [-0.3, -0.25) is 0 Å². The molecule has 1 aliphatic carbocycles. The van der Waals surface area contributed by atoms with Gasteiger partial charge in [0.15, 0.2) is 0 Å². The number of allylic oxidation sites excluding steroid dienone is 2. The van der Waals surface area contributed by atoms with Crippen LogP contribution in [0.2, 0.25) is 0 Å². The zero-order valence-electron chi connectivity index (χ0n) is 16.3. The molecule has 28 heavy (non-hydrogen) atoms. The van der Waals surface area contributed by atoms with Crippen molar-refractivity contribution in [3.8, 4) is 16.9 Å². The first-order valence-corrected chi connectivity index (χ1v) is 9.49. The van der Waals surface area contributed by atoms with Crippen LogP contribution < -0.4 is 4.74 Å². The van der Waals surface area contributed by atoms with E-state index in [4.69, 9.17) is 9.47 Å². The Hall–Kier alpha value is -3.10. The molecule has 2 nitrogen and oxygen atoms in total. The van der Waals surface area contributed by atoms with Crippen molar-refractivity contribution in [3.63, 3.8) is 0 Å². The van der Waals surface area contributed by atoms with Crippen LogP contribution in [0, 0.1) is 0 Å². The van der Waals surface area contributed by atoms with Gasteiger partial charge in [-0.2, -0.15) is 0 Å². The lowest BCUT2D eigenvalue weighted by molar-refractivity contribution is 0.0310. The van der Waals surface area contributed by atoms with E-state index in [0.717, 1.165) is 17.7 Å². The molecular weight excluding hydrogens is 344 g/mol. The SMILES string of the molecule is COc1ccc(C2=CCC(OC)(c3ccc(-c4ccccc4)cc3)C=C2)cc1. The third-order valence-electron chi connectivity index (χ3n) is 5.43. The zero-order valence-corrected chi connectivity index (χ0v) is 16.3. The highest BCUT2D eigenvalue weighted by Crippen LogP contribution is 2.38. The first-order valence-electron chi connectivity index (χ1n) is 9.49. The second-order valence-electron chi connectivity index (χ2n) is 6.96. The number of hydrogen-bond acceptors (Lipinski definition) is 2. The Labute approximate surface area is 166 Å². The van der Waals surface area contributed by atoms with Crippen LogP contribution in [-0.4, -0.2) is 14.2 Å². The minimum Gasteiger partial charge on any atom is -0.497 e. The van der Waals surface area contributed by atoms with Crippen LogP contribution in [-0.2, 0) is 10.3 Å². The van der Waals surface area contributed by atoms with Crippen molar-refractivity contribution >= 4 is 5.57 Å². The Morgan fingerprint density at radius 1 is 0.714 bits per heavy atom. The minimum absolute atomic E-state index is 0.425. The largest absolute Gasteiger partial charge is 0.497 e. The summed E-state index contributed by atoms with van der Waals surface area (Å²) < 4.78 is 11.2. The van der Waals surface area contributed by atoms with Gasteiger partial charge in [-0.05, 0) is 46.0 Å². The van der Waals surface area contributed by atoms with E-state index in [1.807, 2.05) is 18.2 Å². The van der Waals surface area contributed by atoms with Crippen molar-refractivity contribution in [1.29, 1.82) is 0 Å². The third kappa shape index (κ3) is 3.51. The lowest BCUT2D eigenvalue weighted by atomic mass is 9.83. The molecule has 0 saturated carbocycles. The van der Waals surface area contributed by atoms with Crippen molar-refractivity contribution in [3.05, 3.63) is 108 Å². The van der Waals surface area contributed by atoms with Crippen LogP contribution in [0.15, 0.2) is 97.1 Å². The molecule has 3 aromatic carbocycles. The van der Waals surface area contributed by atoms with E-state index >= 15 is 0 Å². The normalized spacial score (nSPS) is 18.6. The molecule has 0 heterocycles. The van der Waals surface area contributed by atoms with Crippen LogP contribution in [0.5, 0.6) is 5.75 Å². The molecule has 0 fully saturated rings. The molecule has 1 atom stereocenters. The number of rotatable bonds is 5. The fraction of sp³-hybridized carbons (Fsp3) is 0.154. The summed E-state index contributed by atoms with van der Waals surface area (Å²) in [6.07, 6.45) is 7.37. The van der Waals surface area contributed by atoms with Crippen LogP contribution in [0.3, 0.4) is 0 Å². The highest BCUT2D eigenvalue weighted by molar-refractivity contribution is 5.76. The van der Waals surface area contributed by atoms with Gasteiger partial charge in [0, 0.05) is 13.5 Å². The molecule has 1 aliphatic rings. The van der Waals surface area contributed by atoms with Gasteiger partial charge in [-0.15, -0.1) is 0 Å². The summed E-state index contributed by atoms with van der Waals surface area (Å²) >= 11 is 0. The van der Waals surface area contributed by atoms with Crippen LogP contribution in [0.25, 0.3) is 16.7 Å². The third-order valence-corrected chi connectivity index (χ3v) is 5.43. The monoisotopic (exact) mass is 368 g/mol. The van der Waals surface area contributed by atoms with Crippen molar-refractivity contribution < 1.29 is 9.47 Å². The maximum absolute atomic E-state index is 5.98. The second-order valence-corrected chi connectivity index (χ2v) is 6.96. The van der Waals surface area contributed by atoms with Gasteiger partial charge in [0.2, 0.25) is 0 Å². The van der Waals surface area contributed by atoms with Crippen molar-refractivity contribution in [1.82, 2.24) is 0 Å². The molecule has 0 aliphatic heterocycles. The van der Waals surface area contributed by atoms with Gasteiger partial charge in [0.25, 0.3) is 0 Å². The summed E-state index contributed by atoms with van der Waals surface area (Å²) in [5.41, 5.74) is 5.56. The minimum atomic E-state index is -0.425. The molecule has 0 bridgehead atoms. The van der Waals surface area contributed by atoms with Crippen LogP contribution in [0.4, 0.5) is 0 Å². The fourth-order valence-corrected chi connectivity index (χ4v) is 3.68. The highest BCUT2D eigenvalue weighted by Gasteiger charge is 2.30. The average molecular weight is 368 g/mol. The number of hydrogen-bond donors (Lipinski definition) is 0. The molecule has 2 heteroatoms. The van der Waals surface area contributed by atoms with E-state index in [-0.39, 0.29) is 0 Å². The maximum atomic E-state index is 5.98. The summed E-state index contributed by atoms with van der Waals surface area (Å²) in [4.78, 5) is 0. The molecule has 4 rings (SSSR count). The van der Waals surface area contributed by atoms with Gasteiger partial charge >= 0.3 is 0 Å². The van der Waals surface area contributed by atoms with E-state index < -0.39 is 5.60 Å². The summed E-state index contributed by atoms with van der Waals surface area (Å²) in [7, 11) is 3.46. The van der Waals surface area contributed by atoms with Gasteiger partial charge in [-0.25, -0.2) is 0 Å². The van der Waals surface area contributed by atoms with E-state index in [1.165, 1.54) is 22.3 Å². The van der Waals surface area contributed by atoms with E-state index in [1.54, 1.807) is 14.2 Å². The fourth-order valence-electron chi connectivity index (χ4n) is 3.68. The Morgan fingerprint density at radius 3 is 1.93 bits per heavy atom. The molecule has 0 spiro atoms. The predicted molar refractivity (Wildman–Crippen MR) is 115 cm³/mol. The Kier molecular flexibility index (Phi) is 5.14.